The van der Waals surface area contributed by atoms with Gasteiger partial charge in [-0.3, -0.25) is 4.79 Å². The molecule has 1 amide bonds. The van der Waals surface area contributed by atoms with Gasteiger partial charge in [0.05, 0.1) is 5.56 Å². The molecule has 0 bridgehead atoms. The smallest absolute Gasteiger partial charge is 0.254 e. The van der Waals surface area contributed by atoms with E-state index in [1.165, 1.54) is 0 Å². The van der Waals surface area contributed by atoms with Gasteiger partial charge in [-0.2, -0.15) is 4.39 Å². The lowest BCUT2D eigenvalue weighted by Gasteiger charge is -2.28. The molecule has 0 spiro atoms. The highest BCUT2D eigenvalue weighted by atomic mass is 19.2. The highest BCUT2D eigenvalue weighted by Gasteiger charge is 2.25. The van der Waals surface area contributed by atoms with Crippen LogP contribution in [0.25, 0.3) is 0 Å². The molecule has 1 aliphatic heterocycles. The maximum absolute atomic E-state index is 13.6. The number of hydrogen-bond donors (Lipinski definition) is 3. The molecule has 2 unspecified atom stereocenters. The topological polar surface area (TPSA) is 61.4 Å². The monoisotopic (exact) mass is 288 g/mol. The second-order valence-electron chi connectivity index (χ2n) is 4.94. The number of aromatic hydroxyl groups is 1. The van der Waals surface area contributed by atoms with Gasteiger partial charge in [-0.1, -0.05) is 0 Å². The first kappa shape index (κ1) is 14.6. The van der Waals surface area contributed by atoms with Gasteiger partial charge < -0.3 is 15.7 Å². The van der Waals surface area contributed by atoms with Crippen molar-refractivity contribution in [1.29, 1.82) is 0 Å². The lowest BCUT2D eigenvalue weighted by Crippen LogP contribution is -2.48. The van der Waals surface area contributed by atoms with Crippen LogP contribution in [-0.4, -0.2) is 29.6 Å². The third-order valence-corrected chi connectivity index (χ3v) is 3.37. The van der Waals surface area contributed by atoms with Crippen LogP contribution in [0.5, 0.6) is 5.75 Å². The van der Waals surface area contributed by atoms with E-state index in [1.54, 1.807) is 0 Å². The van der Waals surface area contributed by atoms with Crippen molar-refractivity contribution in [3.63, 3.8) is 0 Å². The summed E-state index contributed by atoms with van der Waals surface area (Å²) in [5.41, 5.74) is -0.708. The Labute approximate surface area is 114 Å². The van der Waals surface area contributed by atoms with Crippen LogP contribution in [0.2, 0.25) is 0 Å². The number of carbonyl (C=O) groups excluding carboxylic acids is 1. The van der Waals surface area contributed by atoms with Crippen LogP contribution >= 0.6 is 0 Å². The molecular formula is C13H15F3N2O2. The van der Waals surface area contributed by atoms with Crippen molar-refractivity contribution in [3.8, 4) is 5.75 Å². The van der Waals surface area contributed by atoms with E-state index in [9.17, 15) is 18.0 Å². The Kier molecular flexibility index (Phi) is 4.17. The second-order valence-corrected chi connectivity index (χ2v) is 4.94. The van der Waals surface area contributed by atoms with Gasteiger partial charge in [0.15, 0.2) is 17.4 Å². The number of carbonyl (C=O) groups is 1. The third kappa shape index (κ3) is 2.87. The van der Waals surface area contributed by atoms with Gasteiger partial charge >= 0.3 is 0 Å². The van der Waals surface area contributed by atoms with E-state index in [4.69, 9.17) is 5.11 Å². The average molecular weight is 288 g/mol. The van der Waals surface area contributed by atoms with Gasteiger partial charge in [0.2, 0.25) is 5.82 Å². The van der Waals surface area contributed by atoms with Gasteiger partial charge in [-0.15, -0.1) is 0 Å². The molecular weight excluding hydrogens is 273 g/mol. The molecule has 1 fully saturated rings. The minimum atomic E-state index is -1.70. The summed E-state index contributed by atoms with van der Waals surface area (Å²) in [5.74, 6) is -6.99. The summed E-state index contributed by atoms with van der Waals surface area (Å²) in [6.45, 7) is 2.52. The quantitative estimate of drug-likeness (QED) is 0.726. The van der Waals surface area contributed by atoms with E-state index in [2.05, 4.69) is 10.6 Å². The van der Waals surface area contributed by atoms with Crippen LogP contribution in [0.15, 0.2) is 6.07 Å². The molecule has 7 heteroatoms. The molecule has 2 rings (SSSR count). The van der Waals surface area contributed by atoms with E-state index >= 15 is 0 Å². The van der Waals surface area contributed by atoms with Crippen LogP contribution in [0, 0.1) is 17.5 Å². The Morgan fingerprint density at radius 2 is 2.05 bits per heavy atom. The zero-order chi connectivity index (χ0) is 14.9. The minimum Gasteiger partial charge on any atom is -0.503 e. The summed E-state index contributed by atoms with van der Waals surface area (Å²) in [6.07, 6.45) is 1.55. The van der Waals surface area contributed by atoms with Gasteiger partial charge in [-0.05, 0) is 25.8 Å². The largest absolute Gasteiger partial charge is 0.503 e. The van der Waals surface area contributed by atoms with Crippen molar-refractivity contribution in [3.05, 3.63) is 29.1 Å². The highest BCUT2D eigenvalue weighted by molar-refractivity contribution is 5.95. The van der Waals surface area contributed by atoms with Crippen LogP contribution < -0.4 is 10.6 Å². The molecule has 0 aliphatic carbocycles. The molecule has 0 saturated carbocycles. The van der Waals surface area contributed by atoms with Crippen LogP contribution in [0.3, 0.4) is 0 Å². The first-order chi connectivity index (χ1) is 9.40. The lowest BCUT2D eigenvalue weighted by molar-refractivity contribution is 0.0921. The molecule has 0 radical (unpaired) electrons. The second kappa shape index (κ2) is 5.70. The van der Waals surface area contributed by atoms with E-state index in [0.29, 0.717) is 25.1 Å². The summed E-state index contributed by atoms with van der Waals surface area (Å²) in [7, 11) is 0. The molecule has 4 nitrogen and oxygen atoms in total. The van der Waals surface area contributed by atoms with E-state index < -0.39 is 34.7 Å². The Bertz CT molecular complexity index is 529. The molecule has 110 valence electrons. The van der Waals surface area contributed by atoms with Crippen molar-refractivity contribution in [2.45, 2.75) is 31.8 Å². The van der Waals surface area contributed by atoms with Crippen molar-refractivity contribution < 1.29 is 23.1 Å². The summed E-state index contributed by atoms with van der Waals surface area (Å²) < 4.78 is 39.6. The summed E-state index contributed by atoms with van der Waals surface area (Å²) in [4.78, 5) is 11.9. The number of rotatable bonds is 2. The van der Waals surface area contributed by atoms with E-state index in [0.717, 1.165) is 6.42 Å². The fourth-order valence-corrected chi connectivity index (χ4v) is 2.14. The molecule has 20 heavy (non-hydrogen) atoms. The van der Waals surface area contributed by atoms with Crippen molar-refractivity contribution >= 4 is 5.91 Å². The number of phenols is 1. The molecule has 3 N–H and O–H groups in total. The zero-order valence-electron chi connectivity index (χ0n) is 10.8. The molecule has 0 aromatic heterocycles. The normalized spacial score (nSPS) is 22.6. The first-order valence-electron chi connectivity index (χ1n) is 6.31. The highest BCUT2D eigenvalue weighted by Crippen LogP contribution is 2.25. The van der Waals surface area contributed by atoms with Gasteiger partial charge in [0.1, 0.15) is 0 Å². The third-order valence-electron chi connectivity index (χ3n) is 3.37. The average Bonchev–Trinajstić information content (AvgIpc) is 2.43. The number of halogens is 3. The minimum absolute atomic E-state index is 0.214. The predicted octanol–water partition coefficient (Wildman–Crippen LogP) is 1.68. The summed E-state index contributed by atoms with van der Waals surface area (Å²) in [5, 5.41) is 14.7. The zero-order valence-corrected chi connectivity index (χ0v) is 10.8. The Hall–Kier alpha value is -1.76. The van der Waals surface area contributed by atoms with Gasteiger partial charge in [0.25, 0.3) is 5.91 Å². The standard InChI is InChI=1S/C13H15F3N2O2/c1-6-2-3-7(5-17-6)18-13(20)8-4-9(14)11(16)12(19)10(8)15/h4,6-7,17,19H,2-3,5H2,1H3,(H,18,20). The number of nitrogens with one attached hydrogen (secondary N) is 2. The number of phenolic OH excluding ortho intramolecular Hbond substituents is 1. The van der Waals surface area contributed by atoms with Crippen LogP contribution in [0.1, 0.15) is 30.1 Å². The summed E-state index contributed by atoms with van der Waals surface area (Å²) in [6, 6.07) is 0.569. The van der Waals surface area contributed by atoms with E-state index in [1.807, 2.05) is 6.92 Å². The van der Waals surface area contributed by atoms with Crippen molar-refractivity contribution in [2.75, 3.05) is 6.54 Å². The number of amides is 1. The van der Waals surface area contributed by atoms with Crippen LogP contribution in [0.4, 0.5) is 13.2 Å². The Morgan fingerprint density at radius 1 is 1.35 bits per heavy atom. The Morgan fingerprint density at radius 3 is 2.65 bits per heavy atom. The Balaban J connectivity index is 2.14. The van der Waals surface area contributed by atoms with Crippen LogP contribution in [-0.2, 0) is 0 Å². The molecule has 1 aromatic rings. The van der Waals surface area contributed by atoms with Gasteiger partial charge in [0, 0.05) is 18.6 Å². The maximum atomic E-state index is 13.6. The predicted molar refractivity (Wildman–Crippen MR) is 65.9 cm³/mol. The maximum Gasteiger partial charge on any atom is 0.254 e. The lowest BCUT2D eigenvalue weighted by atomic mass is 10.0. The molecule has 1 heterocycles. The number of piperidine rings is 1. The van der Waals surface area contributed by atoms with Gasteiger partial charge in [-0.25, -0.2) is 8.78 Å². The van der Waals surface area contributed by atoms with Crippen molar-refractivity contribution in [2.24, 2.45) is 0 Å². The molecule has 1 aromatic carbocycles. The molecule has 1 saturated heterocycles. The molecule has 1 aliphatic rings. The summed E-state index contributed by atoms with van der Waals surface area (Å²) >= 11 is 0. The number of benzene rings is 1. The first-order valence-corrected chi connectivity index (χ1v) is 6.31. The molecule has 2 atom stereocenters. The number of hydrogen-bond acceptors (Lipinski definition) is 3. The fourth-order valence-electron chi connectivity index (χ4n) is 2.14. The van der Waals surface area contributed by atoms with Crippen molar-refractivity contribution in [1.82, 2.24) is 10.6 Å². The fraction of sp³-hybridized carbons (Fsp3) is 0.462. The SMILES string of the molecule is CC1CCC(NC(=O)c2cc(F)c(F)c(O)c2F)CN1. The van der Waals surface area contributed by atoms with E-state index in [-0.39, 0.29) is 6.04 Å².